The zero-order valence-corrected chi connectivity index (χ0v) is 13.9. The summed E-state index contributed by atoms with van der Waals surface area (Å²) >= 11 is 0. The third-order valence-electron chi connectivity index (χ3n) is 3.84. The van der Waals surface area contributed by atoms with Crippen molar-refractivity contribution in [1.29, 1.82) is 0 Å². The first-order valence-corrected chi connectivity index (χ1v) is 7.98. The number of ether oxygens (including phenoxy) is 1. The van der Waals surface area contributed by atoms with Crippen molar-refractivity contribution >= 4 is 17.0 Å². The minimum atomic E-state index is -0.470. The van der Waals surface area contributed by atoms with Crippen LogP contribution in [0.3, 0.4) is 0 Å². The summed E-state index contributed by atoms with van der Waals surface area (Å²) in [4.78, 5) is 18.5. The number of rotatable bonds is 1. The first-order chi connectivity index (χ1) is 10.9. The second-order valence-electron chi connectivity index (χ2n) is 6.89. The summed E-state index contributed by atoms with van der Waals surface area (Å²) in [7, 11) is 0. The Morgan fingerprint density at radius 3 is 2.91 bits per heavy atom. The molecule has 2 aromatic rings. The highest BCUT2D eigenvalue weighted by molar-refractivity contribution is 5.78. The maximum atomic E-state index is 12.3. The van der Waals surface area contributed by atoms with Crippen LogP contribution in [0.4, 0.5) is 4.79 Å². The van der Waals surface area contributed by atoms with Gasteiger partial charge in [-0.15, -0.1) is 0 Å². The van der Waals surface area contributed by atoms with Crippen LogP contribution in [0.2, 0.25) is 0 Å². The Labute approximate surface area is 136 Å². The van der Waals surface area contributed by atoms with Crippen LogP contribution in [0.25, 0.3) is 10.9 Å². The molecular formula is C18H23N3O2. The van der Waals surface area contributed by atoms with Gasteiger partial charge in [0.15, 0.2) is 0 Å². The molecular weight excluding hydrogens is 290 g/mol. The van der Waals surface area contributed by atoms with E-state index in [9.17, 15) is 4.79 Å². The number of carbonyl (C=O) groups is 1. The summed E-state index contributed by atoms with van der Waals surface area (Å²) in [6, 6.07) is 10.3. The molecule has 1 aliphatic rings. The molecule has 1 unspecified atom stereocenters. The third-order valence-corrected chi connectivity index (χ3v) is 3.84. The molecule has 122 valence electrons. The maximum absolute atomic E-state index is 12.3. The number of piperazine rings is 1. The van der Waals surface area contributed by atoms with Crippen molar-refractivity contribution in [3.05, 3.63) is 42.1 Å². The van der Waals surface area contributed by atoms with E-state index >= 15 is 0 Å². The van der Waals surface area contributed by atoms with Crippen LogP contribution in [-0.2, 0) is 4.74 Å². The second kappa shape index (κ2) is 6.16. The Hall–Kier alpha value is -2.14. The monoisotopic (exact) mass is 313 g/mol. The van der Waals surface area contributed by atoms with E-state index in [4.69, 9.17) is 4.74 Å². The van der Waals surface area contributed by atoms with Crippen LogP contribution < -0.4 is 5.32 Å². The van der Waals surface area contributed by atoms with Crippen LogP contribution in [0.1, 0.15) is 32.4 Å². The average molecular weight is 313 g/mol. The number of hydrogen-bond donors (Lipinski definition) is 1. The van der Waals surface area contributed by atoms with Crippen molar-refractivity contribution in [3.8, 4) is 0 Å². The van der Waals surface area contributed by atoms with Crippen LogP contribution in [-0.4, -0.2) is 41.2 Å². The summed E-state index contributed by atoms with van der Waals surface area (Å²) < 4.78 is 5.48. The van der Waals surface area contributed by atoms with E-state index in [0.29, 0.717) is 13.1 Å². The van der Waals surface area contributed by atoms with Crippen LogP contribution in [0.15, 0.2) is 36.5 Å². The number of pyridine rings is 1. The van der Waals surface area contributed by atoms with Crippen molar-refractivity contribution in [1.82, 2.24) is 15.2 Å². The molecule has 0 radical (unpaired) electrons. The topological polar surface area (TPSA) is 54.5 Å². The summed E-state index contributed by atoms with van der Waals surface area (Å²) in [5.41, 5.74) is 1.61. The van der Waals surface area contributed by atoms with Gasteiger partial charge < -0.3 is 15.0 Å². The lowest BCUT2D eigenvalue weighted by Gasteiger charge is -2.35. The Kier molecular flexibility index (Phi) is 4.22. The molecule has 1 aromatic heterocycles. The van der Waals surface area contributed by atoms with E-state index < -0.39 is 5.60 Å². The molecule has 0 spiro atoms. The zero-order valence-electron chi connectivity index (χ0n) is 13.9. The van der Waals surface area contributed by atoms with Gasteiger partial charge in [-0.3, -0.25) is 4.98 Å². The lowest BCUT2D eigenvalue weighted by molar-refractivity contribution is 0.0195. The lowest BCUT2D eigenvalue weighted by Crippen LogP contribution is -2.49. The van der Waals surface area contributed by atoms with Gasteiger partial charge in [-0.2, -0.15) is 0 Å². The van der Waals surface area contributed by atoms with Gasteiger partial charge in [-0.1, -0.05) is 18.2 Å². The van der Waals surface area contributed by atoms with Crippen molar-refractivity contribution in [3.63, 3.8) is 0 Å². The summed E-state index contributed by atoms with van der Waals surface area (Å²) in [6.45, 7) is 7.66. The molecule has 0 bridgehead atoms. The van der Waals surface area contributed by atoms with Gasteiger partial charge in [0.2, 0.25) is 0 Å². The predicted molar refractivity (Wildman–Crippen MR) is 90.3 cm³/mol. The first-order valence-electron chi connectivity index (χ1n) is 7.98. The Morgan fingerprint density at radius 2 is 2.13 bits per heavy atom. The van der Waals surface area contributed by atoms with Crippen molar-refractivity contribution in [2.24, 2.45) is 0 Å². The number of hydrogen-bond acceptors (Lipinski definition) is 4. The van der Waals surface area contributed by atoms with E-state index in [1.165, 1.54) is 0 Å². The number of carbonyl (C=O) groups excluding carboxylic acids is 1. The molecule has 0 saturated carbocycles. The number of aromatic nitrogens is 1. The van der Waals surface area contributed by atoms with Gasteiger partial charge in [0, 0.05) is 31.2 Å². The number of para-hydroxylation sites is 1. The third kappa shape index (κ3) is 3.79. The summed E-state index contributed by atoms with van der Waals surface area (Å²) in [5, 5.41) is 4.57. The van der Waals surface area contributed by atoms with E-state index in [-0.39, 0.29) is 12.1 Å². The summed E-state index contributed by atoms with van der Waals surface area (Å²) in [5.74, 6) is 0. The van der Waals surface area contributed by atoms with Gasteiger partial charge in [-0.25, -0.2) is 4.79 Å². The molecule has 1 aliphatic heterocycles. The molecule has 23 heavy (non-hydrogen) atoms. The molecule has 1 saturated heterocycles. The highest BCUT2D eigenvalue weighted by Gasteiger charge is 2.28. The Balaban J connectivity index is 1.75. The largest absolute Gasteiger partial charge is 0.444 e. The fraction of sp³-hybridized carbons (Fsp3) is 0.444. The quantitative estimate of drug-likeness (QED) is 0.879. The number of nitrogens with one attached hydrogen (secondary N) is 1. The van der Waals surface area contributed by atoms with Crippen LogP contribution in [0.5, 0.6) is 0 Å². The van der Waals surface area contributed by atoms with Gasteiger partial charge in [0.1, 0.15) is 5.60 Å². The van der Waals surface area contributed by atoms with Gasteiger partial charge in [0.25, 0.3) is 0 Å². The fourth-order valence-electron chi connectivity index (χ4n) is 2.74. The predicted octanol–water partition coefficient (Wildman–Crippen LogP) is 3.12. The van der Waals surface area contributed by atoms with E-state index in [1.54, 1.807) is 4.90 Å². The van der Waals surface area contributed by atoms with Gasteiger partial charge in [0.05, 0.1) is 11.6 Å². The molecule has 2 heterocycles. The van der Waals surface area contributed by atoms with Crippen molar-refractivity contribution in [2.75, 3.05) is 19.6 Å². The molecule has 5 heteroatoms. The lowest BCUT2D eigenvalue weighted by atomic mass is 10.0. The van der Waals surface area contributed by atoms with Gasteiger partial charge in [-0.05, 0) is 38.5 Å². The molecule has 5 nitrogen and oxygen atoms in total. The molecule has 1 fully saturated rings. The number of fused-ring (bicyclic) bond motifs is 1. The SMILES string of the molecule is CC(C)(C)OC(=O)N1CCNC(c2cnc3ccccc3c2)C1. The van der Waals surface area contributed by atoms with Crippen LogP contribution >= 0.6 is 0 Å². The van der Waals surface area contributed by atoms with Crippen LogP contribution in [0, 0.1) is 0 Å². The minimum absolute atomic E-state index is 0.0772. The highest BCUT2D eigenvalue weighted by Crippen LogP contribution is 2.22. The standard InChI is InChI=1S/C18H23N3O2/c1-18(2,3)23-17(22)21-9-8-19-16(12-21)14-10-13-6-4-5-7-15(13)20-11-14/h4-7,10-11,16,19H,8-9,12H2,1-3H3. The zero-order chi connectivity index (χ0) is 16.4. The fourth-order valence-corrected chi connectivity index (χ4v) is 2.74. The first kappa shape index (κ1) is 15.7. The minimum Gasteiger partial charge on any atom is -0.444 e. The molecule has 3 rings (SSSR count). The average Bonchev–Trinajstić information content (AvgIpc) is 2.53. The Morgan fingerprint density at radius 1 is 1.35 bits per heavy atom. The molecule has 1 amide bonds. The number of amides is 1. The molecule has 0 aliphatic carbocycles. The van der Waals surface area contributed by atoms with E-state index in [0.717, 1.165) is 23.0 Å². The van der Waals surface area contributed by atoms with Crippen molar-refractivity contribution < 1.29 is 9.53 Å². The van der Waals surface area contributed by atoms with Gasteiger partial charge >= 0.3 is 6.09 Å². The molecule has 1 N–H and O–H groups in total. The highest BCUT2D eigenvalue weighted by atomic mass is 16.6. The maximum Gasteiger partial charge on any atom is 0.410 e. The molecule has 1 atom stereocenters. The number of nitrogens with zero attached hydrogens (tertiary/aromatic N) is 2. The molecule has 1 aromatic carbocycles. The number of benzene rings is 1. The van der Waals surface area contributed by atoms with E-state index in [2.05, 4.69) is 22.4 Å². The second-order valence-corrected chi connectivity index (χ2v) is 6.89. The summed E-state index contributed by atoms with van der Waals surface area (Å²) in [6.07, 6.45) is 1.64. The normalized spacial score (nSPS) is 18.9. The van der Waals surface area contributed by atoms with E-state index in [1.807, 2.05) is 45.2 Å². The smallest absolute Gasteiger partial charge is 0.410 e. The Bertz CT molecular complexity index is 709. The van der Waals surface area contributed by atoms with Crippen molar-refractivity contribution in [2.45, 2.75) is 32.4 Å².